The van der Waals surface area contributed by atoms with Crippen LogP contribution in [0.1, 0.15) is 18.1 Å². The fraction of sp³-hybridized carbons (Fsp3) is 0.167. The highest BCUT2D eigenvalue weighted by Gasteiger charge is 2.34. The minimum atomic E-state index is -4.70. The topological polar surface area (TPSA) is 73.2 Å². The molecule has 2 rings (SSSR count). The second-order valence-corrected chi connectivity index (χ2v) is 5.88. The monoisotopic (exact) mass is 395 g/mol. The van der Waals surface area contributed by atoms with Crippen molar-refractivity contribution in [3.63, 3.8) is 0 Å². The molecule has 9 heteroatoms. The van der Waals surface area contributed by atoms with E-state index < -0.39 is 35.1 Å². The molecular weight excluding hydrogens is 383 g/mol. The minimum Gasteiger partial charge on any atom is -0.323 e. The van der Waals surface area contributed by atoms with Gasteiger partial charge in [-0.2, -0.15) is 18.4 Å². The van der Waals surface area contributed by atoms with Gasteiger partial charge in [0.2, 0.25) is 11.8 Å². The third-order valence-corrected chi connectivity index (χ3v) is 3.90. The fourth-order valence-electron chi connectivity index (χ4n) is 2.31. The van der Waals surface area contributed by atoms with Crippen LogP contribution in [0.3, 0.4) is 0 Å². The second-order valence-electron chi connectivity index (χ2n) is 5.47. The van der Waals surface area contributed by atoms with Crippen molar-refractivity contribution >= 4 is 34.8 Å². The third-order valence-electron chi connectivity index (χ3n) is 3.57. The molecule has 0 atom stereocenters. The molecule has 0 spiro atoms. The van der Waals surface area contributed by atoms with Gasteiger partial charge >= 0.3 is 6.18 Å². The van der Waals surface area contributed by atoms with Crippen LogP contribution in [0.2, 0.25) is 5.02 Å². The zero-order chi connectivity index (χ0) is 20.2. The summed E-state index contributed by atoms with van der Waals surface area (Å²) in [5, 5.41) is 11.0. The average molecular weight is 396 g/mol. The number of hydrogen-bond acceptors (Lipinski definition) is 3. The van der Waals surface area contributed by atoms with Crippen molar-refractivity contribution in [3.8, 4) is 6.07 Å². The van der Waals surface area contributed by atoms with Crippen LogP contribution in [0.5, 0.6) is 0 Å². The fourth-order valence-corrected chi connectivity index (χ4v) is 2.53. The Kier molecular flexibility index (Phi) is 6.08. The summed E-state index contributed by atoms with van der Waals surface area (Å²) in [4.78, 5) is 25.0. The number of nitriles is 1. The summed E-state index contributed by atoms with van der Waals surface area (Å²) in [7, 11) is 0. The third kappa shape index (κ3) is 4.99. The highest BCUT2D eigenvalue weighted by atomic mass is 35.5. The zero-order valence-electron chi connectivity index (χ0n) is 14.0. The molecule has 0 bridgehead atoms. The van der Waals surface area contributed by atoms with Crippen molar-refractivity contribution in [2.45, 2.75) is 13.1 Å². The minimum absolute atomic E-state index is 0.122. The summed E-state index contributed by atoms with van der Waals surface area (Å²) < 4.78 is 39.1. The number of nitrogens with zero attached hydrogens (tertiary/aromatic N) is 2. The maximum atomic E-state index is 13.0. The summed E-state index contributed by atoms with van der Waals surface area (Å²) >= 11 is 5.58. The Balaban J connectivity index is 2.27. The lowest BCUT2D eigenvalue weighted by atomic mass is 10.1. The van der Waals surface area contributed by atoms with E-state index in [2.05, 4.69) is 5.32 Å². The maximum absolute atomic E-state index is 13.0. The van der Waals surface area contributed by atoms with Gasteiger partial charge in [-0.05, 0) is 30.3 Å². The van der Waals surface area contributed by atoms with Crippen molar-refractivity contribution in [2.75, 3.05) is 16.8 Å². The van der Waals surface area contributed by atoms with E-state index in [-0.39, 0.29) is 16.9 Å². The van der Waals surface area contributed by atoms with E-state index in [0.717, 1.165) is 17.9 Å². The van der Waals surface area contributed by atoms with Gasteiger partial charge < -0.3 is 10.2 Å². The molecule has 2 amide bonds. The molecule has 5 nitrogen and oxygen atoms in total. The Bertz CT molecular complexity index is 923. The van der Waals surface area contributed by atoms with E-state index in [1.54, 1.807) is 12.1 Å². The SMILES string of the molecule is CC(=O)N(CC(=O)Nc1ccccc1C#N)c1ccc(Cl)c(C(F)(F)F)c1. The molecule has 2 aromatic carbocycles. The summed E-state index contributed by atoms with van der Waals surface area (Å²) in [6, 6.07) is 11.1. The second kappa shape index (κ2) is 8.10. The molecule has 1 N–H and O–H groups in total. The van der Waals surface area contributed by atoms with Crippen LogP contribution >= 0.6 is 11.6 Å². The van der Waals surface area contributed by atoms with Crippen LogP contribution in [0.15, 0.2) is 42.5 Å². The number of halogens is 4. The van der Waals surface area contributed by atoms with Gasteiger partial charge in [0, 0.05) is 12.6 Å². The van der Waals surface area contributed by atoms with E-state index in [1.165, 1.54) is 18.2 Å². The highest BCUT2D eigenvalue weighted by Crippen LogP contribution is 2.37. The van der Waals surface area contributed by atoms with Gasteiger partial charge in [0.05, 0.1) is 21.8 Å². The first-order valence-electron chi connectivity index (χ1n) is 7.57. The molecule has 0 radical (unpaired) electrons. The van der Waals surface area contributed by atoms with Crippen molar-refractivity contribution in [1.82, 2.24) is 0 Å². The van der Waals surface area contributed by atoms with Crippen LogP contribution in [0.25, 0.3) is 0 Å². The Morgan fingerprint density at radius 3 is 2.48 bits per heavy atom. The summed E-state index contributed by atoms with van der Waals surface area (Å²) in [6.45, 7) is 0.590. The lowest BCUT2D eigenvalue weighted by Crippen LogP contribution is -2.37. The van der Waals surface area contributed by atoms with Crippen molar-refractivity contribution in [1.29, 1.82) is 5.26 Å². The quantitative estimate of drug-likeness (QED) is 0.842. The molecule has 0 aliphatic heterocycles. The number of carbonyl (C=O) groups excluding carboxylic acids is 2. The Hall–Kier alpha value is -3.05. The van der Waals surface area contributed by atoms with Gasteiger partial charge in [-0.15, -0.1) is 0 Å². The number of amides is 2. The molecule has 0 aromatic heterocycles. The van der Waals surface area contributed by atoms with Crippen LogP contribution in [0.4, 0.5) is 24.5 Å². The van der Waals surface area contributed by atoms with Crippen LogP contribution < -0.4 is 10.2 Å². The lowest BCUT2D eigenvalue weighted by molar-refractivity contribution is -0.137. The van der Waals surface area contributed by atoms with Crippen molar-refractivity contribution in [2.24, 2.45) is 0 Å². The van der Waals surface area contributed by atoms with E-state index >= 15 is 0 Å². The van der Waals surface area contributed by atoms with Gasteiger partial charge in [0.1, 0.15) is 12.6 Å². The first-order chi connectivity index (χ1) is 12.6. The van der Waals surface area contributed by atoms with E-state index in [0.29, 0.717) is 6.07 Å². The zero-order valence-corrected chi connectivity index (χ0v) is 14.7. The predicted octanol–water partition coefficient (Wildman–Crippen LogP) is 4.22. The van der Waals surface area contributed by atoms with E-state index in [9.17, 15) is 22.8 Å². The average Bonchev–Trinajstić information content (AvgIpc) is 2.59. The summed E-state index contributed by atoms with van der Waals surface area (Å²) in [6.07, 6.45) is -4.70. The molecular formula is C18H13ClF3N3O2. The first-order valence-corrected chi connectivity index (χ1v) is 7.95. The summed E-state index contributed by atoms with van der Waals surface area (Å²) in [5.74, 6) is -1.30. The van der Waals surface area contributed by atoms with Crippen molar-refractivity contribution in [3.05, 3.63) is 58.6 Å². The van der Waals surface area contributed by atoms with Gasteiger partial charge in [0.25, 0.3) is 0 Å². The van der Waals surface area contributed by atoms with Gasteiger partial charge in [0.15, 0.2) is 0 Å². The molecule has 0 fully saturated rings. The maximum Gasteiger partial charge on any atom is 0.417 e. The molecule has 0 heterocycles. The normalized spacial score (nSPS) is 10.8. The number of para-hydroxylation sites is 1. The van der Waals surface area contributed by atoms with Crippen LogP contribution in [-0.4, -0.2) is 18.4 Å². The number of nitrogens with one attached hydrogen (secondary N) is 1. The van der Waals surface area contributed by atoms with Crippen LogP contribution in [-0.2, 0) is 15.8 Å². The van der Waals surface area contributed by atoms with Crippen LogP contribution in [0, 0.1) is 11.3 Å². The molecule has 0 saturated carbocycles. The standard InChI is InChI=1S/C18H13ClF3N3O2/c1-11(26)25(13-6-7-15(19)14(8-13)18(20,21)22)10-17(27)24-16-5-3-2-4-12(16)9-23/h2-8H,10H2,1H3,(H,24,27). The molecule has 140 valence electrons. The first kappa shape index (κ1) is 20.3. The lowest BCUT2D eigenvalue weighted by Gasteiger charge is -2.22. The number of anilines is 2. The predicted molar refractivity (Wildman–Crippen MR) is 94.3 cm³/mol. The number of benzene rings is 2. The number of rotatable bonds is 4. The van der Waals surface area contributed by atoms with Gasteiger partial charge in [-0.1, -0.05) is 23.7 Å². The smallest absolute Gasteiger partial charge is 0.323 e. The molecule has 2 aromatic rings. The van der Waals surface area contributed by atoms with E-state index in [1.807, 2.05) is 6.07 Å². The largest absolute Gasteiger partial charge is 0.417 e. The number of carbonyl (C=O) groups is 2. The van der Waals surface area contributed by atoms with Crippen molar-refractivity contribution < 1.29 is 22.8 Å². The Morgan fingerprint density at radius 1 is 1.22 bits per heavy atom. The molecule has 0 aliphatic rings. The number of alkyl halides is 3. The number of hydrogen-bond donors (Lipinski definition) is 1. The van der Waals surface area contributed by atoms with Gasteiger partial charge in [-0.25, -0.2) is 0 Å². The van der Waals surface area contributed by atoms with E-state index in [4.69, 9.17) is 16.9 Å². The Morgan fingerprint density at radius 2 is 1.89 bits per heavy atom. The highest BCUT2D eigenvalue weighted by molar-refractivity contribution is 6.31. The van der Waals surface area contributed by atoms with Gasteiger partial charge in [-0.3, -0.25) is 9.59 Å². The molecule has 0 saturated heterocycles. The molecule has 0 aliphatic carbocycles. The Labute approximate surface area is 158 Å². The molecule has 0 unspecified atom stereocenters. The summed E-state index contributed by atoms with van der Waals surface area (Å²) in [5.41, 5.74) is -0.780. The molecule has 27 heavy (non-hydrogen) atoms.